The number of hydrogen-bond donors (Lipinski definition) is 0. The molecule has 1 aromatic carbocycles. The van der Waals surface area contributed by atoms with Crippen LogP contribution in [-0.4, -0.2) is 47.9 Å². The van der Waals surface area contributed by atoms with Gasteiger partial charge in [-0.15, -0.1) is 0 Å². The fourth-order valence-corrected chi connectivity index (χ4v) is 3.48. The highest BCUT2D eigenvalue weighted by Crippen LogP contribution is 2.36. The normalized spacial score (nSPS) is 22.2. The second-order valence-corrected chi connectivity index (χ2v) is 9.03. The van der Waals surface area contributed by atoms with Gasteiger partial charge in [-0.1, -0.05) is 30.3 Å². The lowest BCUT2D eigenvalue weighted by atomic mass is 9.82. The van der Waals surface area contributed by atoms with Crippen LogP contribution in [0.4, 0.5) is 0 Å². The summed E-state index contributed by atoms with van der Waals surface area (Å²) in [6.45, 7) is 11.6. The van der Waals surface area contributed by atoms with E-state index in [4.69, 9.17) is 18.8 Å². The van der Waals surface area contributed by atoms with E-state index >= 15 is 0 Å². The van der Waals surface area contributed by atoms with Gasteiger partial charge in [0.25, 0.3) is 0 Å². The van der Waals surface area contributed by atoms with Crippen molar-refractivity contribution < 1.29 is 18.8 Å². The molecule has 7 heteroatoms. The predicted molar refractivity (Wildman–Crippen MR) is 107 cm³/mol. The molecular weight excluding hydrogens is 355 g/mol. The Morgan fingerprint density at radius 1 is 1.07 bits per heavy atom. The van der Waals surface area contributed by atoms with Gasteiger partial charge in [-0.2, -0.15) is 5.10 Å². The molecule has 0 N–H and O–H groups in total. The van der Waals surface area contributed by atoms with Crippen molar-refractivity contribution in [3.63, 3.8) is 0 Å². The maximum atomic E-state index is 6.12. The zero-order valence-corrected chi connectivity index (χ0v) is 17.2. The van der Waals surface area contributed by atoms with Gasteiger partial charge in [0.15, 0.2) is 0 Å². The van der Waals surface area contributed by atoms with E-state index in [0.29, 0.717) is 26.4 Å². The first-order chi connectivity index (χ1) is 13.3. The summed E-state index contributed by atoms with van der Waals surface area (Å²) in [5.74, 6) is 0. The quantitative estimate of drug-likeness (QED) is 0.687. The van der Waals surface area contributed by atoms with Crippen molar-refractivity contribution in [1.29, 1.82) is 0 Å². The van der Waals surface area contributed by atoms with Crippen LogP contribution in [0.15, 0.2) is 42.7 Å². The third-order valence-corrected chi connectivity index (χ3v) is 6.01. The highest BCUT2D eigenvalue weighted by atomic mass is 16.7. The Morgan fingerprint density at radius 2 is 1.75 bits per heavy atom. The maximum absolute atomic E-state index is 6.12. The highest BCUT2D eigenvalue weighted by molar-refractivity contribution is 6.61. The maximum Gasteiger partial charge on any atom is 0.498 e. The van der Waals surface area contributed by atoms with Gasteiger partial charge in [0.05, 0.1) is 49.6 Å². The van der Waals surface area contributed by atoms with Gasteiger partial charge in [0, 0.05) is 17.9 Å². The minimum absolute atomic E-state index is 0.0337. The number of nitrogens with zero attached hydrogens (tertiary/aromatic N) is 2. The SMILES string of the molecule is CC1(C)OB(c2cnn(CC3(COCc4ccccc4)COC3)c2)OC1(C)C. The first-order valence-electron chi connectivity index (χ1n) is 9.86. The van der Waals surface area contributed by atoms with Gasteiger partial charge < -0.3 is 18.8 Å². The first kappa shape index (κ1) is 19.6. The standard InChI is InChI=1S/C21H29BN2O4/c1-19(2)20(3,4)28-22(27-19)18-10-23-24(11-18)13-21(15-26-16-21)14-25-12-17-8-6-5-7-9-17/h5-11H,12-16H2,1-4H3. The zero-order valence-electron chi connectivity index (χ0n) is 17.2. The van der Waals surface area contributed by atoms with E-state index in [1.165, 1.54) is 5.56 Å². The molecule has 6 nitrogen and oxygen atoms in total. The second-order valence-electron chi connectivity index (χ2n) is 9.03. The molecule has 0 radical (unpaired) electrons. The lowest BCUT2D eigenvalue weighted by molar-refractivity contribution is -0.159. The molecular formula is C21H29BN2O4. The van der Waals surface area contributed by atoms with E-state index in [2.05, 4.69) is 44.9 Å². The fourth-order valence-electron chi connectivity index (χ4n) is 3.48. The molecule has 0 atom stereocenters. The van der Waals surface area contributed by atoms with Crippen LogP contribution in [0.2, 0.25) is 0 Å². The molecule has 1 aromatic heterocycles. The number of ether oxygens (including phenoxy) is 2. The predicted octanol–water partition coefficient (Wildman–Crippen LogP) is 2.42. The summed E-state index contributed by atoms with van der Waals surface area (Å²) < 4.78 is 25.7. The molecule has 2 aromatic rings. The Morgan fingerprint density at radius 3 is 2.36 bits per heavy atom. The van der Waals surface area contributed by atoms with Crippen molar-refractivity contribution in [3.8, 4) is 0 Å². The van der Waals surface area contributed by atoms with E-state index < -0.39 is 0 Å². The van der Waals surface area contributed by atoms with E-state index in [1.807, 2.05) is 35.3 Å². The molecule has 0 aliphatic carbocycles. The van der Waals surface area contributed by atoms with Gasteiger partial charge in [-0.25, -0.2) is 0 Å². The topological polar surface area (TPSA) is 54.7 Å². The molecule has 28 heavy (non-hydrogen) atoms. The Bertz CT molecular complexity index is 786. The zero-order chi connectivity index (χ0) is 19.8. The molecule has 0 bridgehead atoms. The Labute approximate surface area is 167 Å². The lowest BCUT2D eigenvalue weighted by Crippen LogP contribution is -2.49. The summed E-state index contributed by atoms with van der Waals surface area (Å²) >= 11 is 0. The van der Waals surface area contributed by atoms with Crippen LogP contribution in [0.25, 0.3) is 0 Å². The smallest absolute Gasteiger partial charge is 0.399 e. The van der Waals surface area contributed by atoms with Gasteiger partial charge in [0.2, 0.25) is 0 Å². The van der Waals surface area contributed by atoms with Gasteiger partial charge >= 0.3 is 7.12 Å². The largest absolute Gasteiger partial charge is 0.498 e. The van der Waals surface area contributed by atoms with Crippen molar-refractivity contribution in [2.24, 2.45) is 5.41 Å². The van der Waals surface area contributed by atoms with Crippen LogP contribution in [0.1, 0.15) is 33.3 Å². The summed E-state index contributed by atoms with van der Waals surface area (Å²) in [5, 5.41) is 4.53. The second kappa shape index (κ2) is 7.30. The lowest BCUT2D eigenvalue weighted by Gasteiger charge is -2.41. The molecule has 0 saturated carbocycles. The highest BCUT2D eigenvalue weighted by Gasteiger charge is 2.52. The van der Waals surface area contributed by atoms with Crippen molar-refractivity contribution in [2.45, 2.75) is 52.0 Å². The number of rotatable bonds is 7. The monoisotopic (exact) mass is 384 g/mol. The third-order valence-electron chi connectivity index (χ3n) is 6.01. The number of benzene rings is 1. The molecule has 2 aliphatic heterocycles. The van der Waals surface area contributed by atoms with Gasteiger partial charge in [-0.05, 0) is 33.3 Å². The summed E-state index contributed by atoms with van der Waals surface area (Å²) in [5.41, 5.74) is 1.38. The summed E-state index contributed by atoms with van der Waals surface area (Å²) in [4.78, 5) is 0. The van der Waals surface area contributed by atoms with E-state index in [1.54, 1.807) is 0 Å². The molecule has 2 saturated heterocycles. The van der Waals surface area contributed by atoms with Crippen molar-refractivity contribution in [3.05, 3.63) is 48.3 Å². The molecule has 0 spiro atoms. The third kappa shape index (κ3) is 3.89. The van der Waals surface area contributed by atoms with Crippen LogP contribution >= 0.6 is 0 Å². The van der Waals surface area contributed by atoms with Crippen molar-refractivity contribution >= 4 is 12.6 Å². The minimum atomic E-state index is -0.387. The van der Waals surface area contributed by atoms with Gasteiger partial charge in [0.1, 0.15) is 0 Å². The molecule has 2 aliphatic rings. The average molecular weight is 384 g/mol. The number of hydrogen-bond acceptors (Lipinski definition) is 5. The summed E-state index contributed by atoms with van der Waals surface area (Å²) in [7, 11) is -0.387. The minimum Gasteiger partial charge on any atom is -0.399 e. The Kier molecular flexibility index (Phi) is 5.12. The summed E-state index contributed by atoms with van der Waals surface area (Å²) in [6.07, 6.45) is 3.85. The average Bonchev–Trinajstić information content (AvgIpc) is 3.15. The molecule has 0 amide bonds. The fraction of sp³-hybridized carbons (Fsp3) is 0.571. The molecule has 4 rings (SSSR count). The van der Waals surface area contributed by atoms with Crippen molar-refractivity contribution in [1.82, 2.24) is 9.78 Å². The summed E-state index contributed by atoms with van der Waals surface area (Å²) in [6, 6.07) is 10.2. The Balaban J connectivity index is 1.36. The van der Waals surface area contributed by atoms with Crippen LogP contribution in [0.3, 0.4) is 0 Å². The van der Waals surface area contributed by atoms with Gasteiger partial charge in [-0.3, -0.25) is 4.68 Å². The van der Waals surface area contributed by atoms with Crippen LogP contribution in [0, 0.1) is 5.41 Å². The molecule has 2 fully saturated rings. The van der Waals surface area contributed by atoms with E-state index in [9.17, 15) is 0 Å². The molecule has 3 heterocycles. The first-order valence-corrected chi connectivity index (χ1v) is 9.86. The van der Waals surface area contributed by atoms with E-state index in [0.717, 1.165) is 12.0 Å². The molecule has 0 unspecified atom stereocenters. The molecule has 150 valence electrons. The van der Waals surface area contributed by atoms with Crippen molar-refractivity contribution in [2.75, 3.05) is 19.8 Å². The van der Waals surface area contributed by atoms with E-state index in [-0.39, 0.29) is 23.7 Å². The Hall–Kier alpha value is -1.67. The number of aromatic nitrogens is 2. The van der Waals surface area contributed by atoms with Crippen LogP contribution in [-0.2, 0) is 31.9 Å². The van der Waals surface area contributed by atoms with Crippen LogP contribution < -0.4 is 5.46 Å². The van der Waals surface area contributed by atoms with Crippen LogP contribution in [0.5, 0.6) is 0 Å².